The summed E-state index contributed by atoms with van der Waals surface area (Å²) < 4.78 is 0.915. The number of benzene rings is 2. The average Bonchev–Trinajstić information content (AvgIpc) is 2.78. The first-order valence-electron chi connectivity index (χ1n) is 5.75. The lowest BCUT2D eigenvalue weighted by Crippen LogP contribution is -2.11. The molecule has 0 spiro atoms. The molecular formula is C14H11N3OS. The van der Waals surface area contributed by atoms with Crippen molar-refractivity contribution in [3.63, 3.8) is 0 Å². The van der Waals surface area contributed by atoms with Gasteiger partial charge in [-0.3, -0.25) is 4.79 Å². The zero-order chi connectivity index (χ0) is 13.2. The molecule has 0 aliphatic rings. The molecule has 1 amide bonds. The summed E-state index contributed by atoms with van der Waals surface area (Å²) in [7, 11) is 0. The summed E-state index contributed by atoms with van der Waals surface area (Å²) in [5.41, 5.74) is 7.84. The van der Waals surface area contributed by atoms with Gasteiger partial charge in [-0.25, -0.2) is 4.98 Å². The van der Waals surface area contributed by atoms with Crippen molar-refractivity contribution in [2.45, 2.75) is 0 Å². The van der Waals surface area contributed by atoms with Crippen LogP contribution in [0.5, 0.6) is 0 Å². The van der Waals surface area contributed by atoms with Crippen LogP contribution in [-0.4, -0.2) is 10.9 Å². The van der Waals surface area contributed by atoms with E-state index in [0.29, 0.717) is 10.7 Å². The predicted molar refractivity (Wildman–Crippen MR) is 78.4 cm³/mol. The fourth-order valence-corrected chi connectivity index (χ4v) is 2.58. The second-order valence-corrected chi connectivity index (χ2v) is 5.12. The fraction of sp³-hybridized carbons (Fsp3) is 0. The molecule has 0 radical (unpaired) electrons. The number of carbonyl (C=O) groups excluding carboxylic acids is 1. The van der Waals surface area contributed by atoms with Crippen LogP contribution in [0.3, 0.4) is 0 Å². The molecule has 3 rings (SSSR count). The van der Waals surface area contributed by atoms with Gasteiger partial charge in [-0.05, 0) is 30.3 Å². The number of carbonyl (C=O) groups is 1. The maximum atomic E-state index is 12.1. The van der Waals surface area contributed by atoms with E-state index in [2.05, 4.69) is 10.3 Å². The number of rotatable bonds is 2. The Morgan fingerprint density at radius 1 is 1.16 bits per heavy atom. The average molecular weight is 269 g/mol. The molecule has 2 aromatic carbocycles. The highest BCUT2D eigenvalue weighted by Crippen LogP contribution is 2.24. The van der Waals surface area contributed by atoms with Gasteiger partial charge < -0.3 is 11.1 Å². The minimum absolute atomic E-state index is 0.139. The molecule has 1 aromatic heterocycles. The number of nitrogens with zero attached hydrogens (tertiary/aromatic N) is 1. The van der Waals surface area contributed by atoms with Crippen molar-refractivity contribution in [1.29, 1.82) is 0 Å². The van der Waals surface area contributed by atoms with Crippen molar-refractivity contribution in [2.24, 2.45) is 0 Å². The van der Waals surface area contributed by atoms with Gasteiger partial charge in [0.05, 0.1) is 10.2 Å². The minimum atomic E-state index is -0.139. The Morgan fingerprint density at radius 3 is 2.74 bits per heavy atom. The molecule has 0 fully saturated rings. The lowest BCUT2D eigenvalue weighted by molar-refractivity contribution is 0.102. The van der Waals surface area contributed by atoms with Crippen LogP contribution in [0.4, 0.5) is 10.8 Å². The summed E-state index contributed by atoms with van der Waals surface area (Å²) >= 11 is 1.38. The molecular weight excluding hydrogens is 258 g/mol. The van der Waals surface area contributed by atoms with E-state index in [1.807, 2.05) is 42.5 Å². The molecule has 19 heavy (non-hydrogen) atoms. The number of hydrogen-bond donors (Lipinski definition) is 2. The number of amides is 1. The molecule has 0 saturated carbocycles. The molecule has 94 valence electrons. The fourth-order valence-electron chi connectivity index (χ4n) is 1.81. The number of nitrogens with two attached hydrogens (primary N) is 1. The molecule has 0 aliphatic heterocycles. The summed E-state index contributed by atoms with van der Waals surface area (Å²) in [4.78, 5) is 16.3. The first kappa shape index (κ1) is 11.7. The maximum Gasteiger partial charge on any atom is 0.255 e. The summed E-state index contributed by atoms with van der Waals surface area (Å²) in [6.07, 6.45) is 0. The van der Waals surface area contributed by atoms with Gasteiger partial charge in [0.15, 0.2) is 5.13 Å². The third-order valence-electron chi connectivity index (χ3n) is 2.70. The smallest absolute Gasteiger partial charge is 0.255 e. The highest BCUT2D eigenvalue weighted by Gasteiger charge is 2.08. The molecule has 4 nitrogen and oxygen atoms in total. The Hall–Kier alpha value is -2.40. The number of fused-ring (bicyclic) bond motifs is 1. The van der Waals surface area contributed by atoms with E-state index >= 15 is 0 Å². The van der Waals surface area contributed by atoms with E-state index in [0.717, 1.165) is 15.9 Å². The monoisotopic (exact) mass is 269 g/mol. The summed E-state index contributed by atoms with van der Waals surface area (Å²) in [5, 5.41) is 3.35. The Balaban J connectivity index is 1.89. The second-order valence-electron chi connectivity index (χ2n) is 4.05. The quantitative estimate of drug-likeness (QED) is 0.751. The third kappa shape index (κ3) is 2.41. The number of nitrogens with one attached hydrogen (secondary N) is 1. The van der Waals surface area contributed by atoms with Gasteiger partial charge in [-0.2, -0.15) is 0 Å². The second kappa shape index (κ2) is 4.70. The Morgan fingerprint density at radius 2 is 1.95 bits per heavy atom. The van der Waals surface area contributed by atoms with Gasteiger partial charge in [-0.1, -0.05) is 29.5 Å². The topological polar surface area (TPSA) is 68.0 Å². The molecule has 3 N–H and O–H groups in total. The summed E-state index contributed by atoms with van der Waals surface area (Å²) in [6, 6.07) is 14.7. The normalized spacial score (nSPS) is 10.5. The molecule has 0 atom stereocenters. The van der Waals surface area contributed by atoms with Gasteiger partial charge in [0.1, 0.15) is 0 Å². The molecule has 0 bridgehead atoms. The largest absolute Gasteiger partial charge is 0.375 e. The van der Waals surface area contributed by atoms with E-state index in [4.69, 9.17) is 5.73 Å². The van der Waals surface area contributed by atoms with Crippen LogP contribution >= 0.6 is 11.3 Å². The Labute approximate surface area is 113 Å². The van der Waals surface area contributed by atoms with E-state index in [-0.39, 0.29) is 5.91 Å². The molecule has 5 heteroatoms. The first-order valence-corrected chi connectivity index (χ1v) is 6.56. The number of nitrogen functional groups attached to an aromatic ring is 1. The van der Waals surface area contributed by atoms with Crippen LogP contribution < -0.4 is 11.1 Å². The van der Waals surface area contributed by atoms with Crippen molar-refractivity contribution in [3.05, 3.63) is 54.1 Å². The van der Waals surface area contributed by atoms with Crippen LogP contribution in [0.2, 0.25) is 0 Å². The van der Waals surface area contributed by atoms with E-state index in [1.54, 1.807) is 6.07 Å². The van der Waals surface area contributed by atoms with Crippen molar-refractivity contribution in [2.75, 3.05) is 11.1 Å². The number of anilines is 2. The third-order valence-corrected chi connectivity index (χ3v) is 3.55. The number of aromatic nitrogens is 1. The molecule has 3 aromatic rings. The molecule has 1 heterocycles. The number of hydrogen-bond acceptors (Lipinski definition) is 4. The first-order chi connectivity index (χ1) is 9.22. The summed E-state index contributed by atoms with van der Waals surface area (Å²) in [5.74, 6) is -0.139. The van der Waals surface area contributed by atoms with Gasteiger partial charge in [0.25, 0.3) is 5.91 Å². The van der Waals surface area contributed by atoms with Gasteiger partial charge in [-0.15, -0.1) is 0 Å². The summed E-state index contributed by atoms with van der Waals surface area (Å²) in [6.45, 7) is 0. The minimum Gasteiger partial charge on any atom is -0.375 e. The highest BCUT2D eigenvalue weighted by molar-refractivity contribution is 7.22. The van der Waals surface area contributed by atoms with E-state index in [1.165, 1.54) is 11.3 Å². The molecule has 0 saturated heterocycles. The van der Waals surface area contributed by atoms with Crippen molar-refractivity contribution >= 4 is 38.3 Å². The van der Waals surface area contributed by atoms with E-state index in [9.17, 15) is 4.79 Å². The van der Waals surface area contributed by atoms with Crippen LogP contribution in [-0.2, 0) is 0 Å². The van der Waals surface area contributed by atoms with Crippen LogP contribution in [0.15, 0.2) is 48.5 Å². The Kier molecular flexibility index (Phi) is 2.89. The van der Waals surface area contributed by atoms with Crippen LogP contribution in [0.1, 0.15) is 10.4 Å². The predicted octanol–water partition coefficient (Wildman–Crippen LogP) is 3.13. The Bertz CT molecular complexity index is 737. The van der Waals surface area contributed by atoms with Crippen molar-refractivity contribution < 1.29 is 4.79 Å². The molecule has 0 aliphatic carbocycles. The number of thiazole rings is 1. The molecule has 0 unspecified atom stereocenters. The van der Waals surface area contributed by atoms with Gasteiger partial charge in [0, 0.05) is 11.3 Å². The zero-order valence-electron chi connectivity index (χ0n) is 9.96. The highest BCUT2D eigenvalue weighted by atomic mass is 32.1. The standard InChI is InChI=1S/C14H11N3OS/c15-14-17-11-7-6-9(8-12(11)19-14)13(18)16-10-4-2-1-3-5-10/h1-8H,(H2,15,17)(H,16,18). The number of para-hydroxylation sites is 1. The lowest BCUT2D eigenvalue weighted by atomic mass is 10.2. The van der Waals surface area contributed by atoms with Gasteiger partial charge in [0.2, 0.25) is 0 Å². The maximum absolute atomic E-state index is 12.1. The van der Waals surface area contributed by atoms with Crippen LogP contribution in [0, 0.1) is 0 Å². The van der Waals surface area contributed by atoms with Crippen LogP contribution in [0.25, 0.3) is 10.2 Å². The van der Waals surface area contributed by atoms with Gasteiger partial charge >= 0.3 is 0 Å². The van der Waals surface area contributed by atoms with Crippen molar-refractivity contribution in [3.8, 4) is 0 Å². The van der Waals surface area contributed by atoms with E-state index < -0.39 is 0 Å². The SMILES string of the molecule is Nc1nc2ccc(C(=O)Nc3ccccc3)cc2s1. The zero-order valence-corrected chi connectivity index (χ0v) is 10.8. The van der Waals surface area contributed by atoms with Crippen molar-refractivity contribution in [1.82, 2.24) is 4.98 Å². The lowest BCUT2D eigenvalue weighted by Gasteiger charge is -2.04.